The van der Waals surface area contributed by atoms with E-state index < -0.39 is 0 Å². The van der Waals surface area contributed by atoms with Crippen LogP contribution >= 0.6 is 0 Å². The van der Waals surface area contributed by atoms with Crippen LogP contribution in [0.4, 0.5) is 0 Å². The fourth-order valence-electron chi connectivity index (χ4n) is 1.47. The van der Waals surface area contributed by atoms with Gasteiger partial charge in [0.2, 0.25) is 0 Å². The van der Waals surface area contributed by atoms with E-state index in [0.717, 1.165) is 45.4 Å². The average molecular weight is 239 g/mol. The molecule has 0 saturated carbocycles. The lowest BCUT2D eigenvalue weighted by Gasteiger charge is -2.09. The van der Waals surface area contributed by atoms with Crippen LogP contribution in [0.5, 0.6) is 0 Å². The standard InChI is InChI=1S/C15H29NO/c1-6-14(2)9-7-10-15(3)13-17-12-8-11-16(4)5/h10H,2,6-9,11-13H2,1,3-5H3/b15-10+. The van der Waals surface area contributed by atoms with Crippen LogP contribution in [-0.4, -0.2) is 38.8 Å². The Balaban J connectivity index is 3.47. The van der Waals surface area contributed by atoms with E-state index in [1.54, 1.807) is 0 Å². The maximum Gasteiger partial charge on any atom is 0.0674 e. The zero-order chi connectivity index (χ0) is 13.1. The third kappa shape index (κ3) is 11.7. The molecule has 0 aliphatic carbocycles. The van der Waals surface area contributed by atoms with E-state index in [2.05, 4.69) is 45.5 Å². The fraction of sp³-hybridized carbons (Fsp3) is 0.733. The summed E-state index contributed by atoms with van der Waals surface area (Å²) >= 11 is 0. The number of nitrogens with zero attached hydrogens (tertiary/aromatic N) is 1. The predicted octanol–water partition coefficient (Wildman–Crippen LogP) is 3.65. The molecular weight excluding hydrogens is 210 g/mol. The quantitative estimate of drug-likeness (QED) is 0.426. The molecule has 17 heavy (non-hydrogen) atoms. The van der Waals surface area contributed by atoms with E-state index >= 15 is 0 Å². The van der Waals surface area contributed by atoms with Crippen LogP contribution in [0.1, 0.15) is 39.5 Å². The van der Waals surface area contributed by atoms with Gasteiger partial charge in [-0.3, -0.25) is 0 Å². The van der Waals surface area contributed by atoms with Crippen molar-refractivity contribution in [1.82, 2.24) is 4.90 Å². The highest BCUT2D eigenvalue weighted by atomic mass is 16.5. The summed E-state index contributed by atoms with van der Waals surface area (Å²) in [5.41, 5.74) is 2.67. The van der Waals surface area contributed by atoms with Crippen LogP contribution in [0.25, 0.3) is 0 Å². The molecule has 0 aliphatic rings. The summed E-state index contributed by atoms with van der Waals surface area (Å²) in [4.78, 5) is 2.18. The lowest BCUT2D eigenvalue weighted by Crippen LogP contribution is -2.15. The SMILES string of the molecule is C=C(CC)CC/C=C(\C)COCCCN(C)C. The molecule has 0 N–H and O–H groups in total. The molecule has 2 heteroatoms. The van der Waals surface area contributed by atoms with E-state index in [4.69, 9.17) is 4.74 Å². The van der Waals surface area contributed by atoms with E-state index in [1.807, 2.05) is 0 Å². The molecule has 0 unspecified atom stereocenters. The van der Waals surface area contributed by atoms with Crippen LogP contribution < -0.4 is 0 Å². The Labute approximate surface area is 107 Å². The van der Waals surface area contributed by atoms with E-state index in [-0.39, 0.29) is 0 Å². The second-order valence-corrected chi connectivity index (χ2v) is 4.90. The van der Waals surface area contributed by atoms with Crippen LogP contribution in [0, 0.1) is 0 Å². The fourth-order valence-corrected chi connectivity index (χ4v) is 1.47. The molecule has 0 aromatic rings. The maximum atomic E-state index is 5.61. The minimum absolute atomic E-state index is 0.770. The van der Waals surface area contributed by atoms with Gasteiger partial charge < -0.3 is 9.64 Å². The van der Waals surface area contributed by atoms with Crippen molar-refractivity contribution in [2.75, 3.05) is 33.9 Å². The minimum atomic E-state index is 0.770. The van der Waals surface area contributed by atoms with Crippen molar-refractivity contribution in [2.45, 2.75) is 39.5 Å². The number of allylic oxidation sites excluding steroid dienone is 2. The van der Waals surface area contributed by atoms with Crippen molar-refractivity contribution in [3.05, 3.63) is 23.8 Å². The molecule has 0 saturated heterocycles. The van der Waals surface area contributed by atoms with Crippen molar-refractivity contribution in [3.8, 4) is 0 Å². The Morgan fingerprint density at radius 2 is 2.06 bits per heavy atom. The highest BCUT2D eigenvalue weighted by molar-refractivity contribution is 5.02. The molecule has 0 aromatic carbocycles. The normalized spacial score (nSPS) is 12.2. The minimum Gasteiger partial charge on any atom is -0.377 e. The van der Waals surface area contributed by atoms with Gasteiger partial charge >= 0.3 is 0 Å². The highest BCUT2D eigenvalue weighted by Crippen LogP contribution is 2.08. The second kappa shape index (κ2) is 10.5. The molecule has 0 bridgehead atoms. The van der Waals surface area contributed by atoms with Crippen LogP contribution in [0.15, 0.2) is 23.8 Å². The summed E-state index contributed by atoms with van der Waals surface area (Å²) in [6.07, 6.45) is 6.67. The van der Waals surface area contributed by atoms with Crippen molar-refractivity contribution >= 4 is 0 Å². The van der Waals surface area contributed by atoms with Crippen molar-refractivity contribution < 1.29 is 4.74 Å². The summed E-state index contributed by atoms with van der Waals surface area (Å²) in [6, 6.07) is 0. The summed E-state index contributed by atoms with van der Waals surface area (Å²) in [7, 11) is 4.18. The Morgan fingerprint density at radius 3 is 2.65 bits per heavy atom. The van der Waals surface area contributed by atoms with Crippen LogP contribution in [-0.2, 0) is 4.74 Å². The number of hydrogen-bond acceptors (Lipinski definition) is 2. The zero-order valence-corrected chi connectivity index (χ0v) is 12.1. The molecule has 100 valence electrons. The third-order valence-electron chi connectivity index (χ3n) is 2.71. The van der Waals surface area contributed by atoms with Gasteiger partial charge in [0.15, 0.2) is 0 Å². The van der Waals surface area contributed by atoms with Crippen molar-refractivity contribution in [3.63, 3.8) is 0 Å². The molecule has 0 amide bonds. The first-order valence-corrected chi connectivity index (χ1v) is 6.61. The first-order chi connectivity index (χ1) is 8.06. The van der Waals surface area contributed by atoms with E-state index in [9.17, 15) is 0 Å². The van der Waals surface area contributed by atoms with Crippen molar-refractivity contribution in [1.29, 1.82) is 0 Å². The Hall–Kier alpha value is -0.600. The molecule has 2 nitrogen and oxygen atoms in total. The van der Waals surface area contributed by atoms with E-state index in [0.29, 0.717) is 0 Å². The predicted molar refractivity (Wildman–Crippen MR) is 76.4 cm³/mol. The summed E-state index contributed by atoms with van der Waals surface area (Å²) in [5, 5.41) is 0. The van der Waals surface area contributed by atoms with Gasteiger partial charge in [-0.05, 0) is 53.2 Å². The van der Waals surface area contributed by atoms with Gasteiger partial charge in [0, 0.05) is 6.61 Å². The van der Waals surface area contributed by atoms with Gasteiger partial charge in [-0.1, -0.05) is 30.7 Å². The van der Waals surface area contributed by atoms with Crippen LogP contribution in [0.3, 0.4) is 0 Å². The van der Waals surface area contributed by atoms with Gasteiger partial charge in [-0.2, -0.15) is 0 Å². The number of rotatable bonds is 10. The molecule has 0 atom stereocenters. The molecule has 0 aliphatic heterocycles. The van der Waals surface area contributed by atoms with E-state index in [1.165, 1.54) is 11.1 Å². The van der Waals surface area contributed by atoms with Gasteiger partial charge in [-0.15, -0.1) is 0 Å². The molecule has 0 aromatic heterocycles. The molecule has 0 spiro atoms. The third-order valence-corrected chi connectivity index (χ3v) is 2.71. The first kappa shape index (κ1) is 16.4. The largest absolute Gasteiger partial charge is 0.377 e. The van der Waals surface area contributed by atoms with Crippen LogP contribution in [0.2, 0.25) is 0 Å². The Kier molecular flexibility index (Phi) is 10.2. The highest BCUT2D eigenvalue weighted by Gasteiger charge is 1.94. The summed E-state index contributed by atoms with van der Waals surface area (Å²) in [5.74, 6) is 0. The Bertz CT molecular complexity index is 231. The number of ether oxygens (including phenoxy) is 1. The molecule has 0 fully saturated rings. The average Bonchev–Trinajstić information content (AvgIpc) is 2.27. The lowest BCUT2D eigenvalue weighted by molar-refractivity contribution is 0.146. The Morgan fingerprint density at radius 1 is 1.35 bits per heavy atom. The van der Waals surface area contributed by atoms with Gasteiger partial charge in [0.05, 0.1) is 6.61 Å². The first-order valence-electron chi connectivity index (χ1n) is 6.61. The molecule has 0 radical (unpaired) electrons. The maximum absolute atomic E-state index is 5.61. The lowest BCUT2D eigenvalue weighted by atomic mass is 10.1. The summed E-state index contributed by atoms with van der Waals surface area (Å²) < 4.78 is 5.61. The molecular formula is C15H29NO. The van der Waals surface area contributed by atoms with Crippen molar-refractivity contribution in [2.24, 2.45) is 0 Å². The molecule has 0 rings (SSSR count). The smallest absolute Gasteiger partial charge is 0.0674 e. The molecule has 0 heterocycles. The monoisotopic (exact) mass is 239 g/mol. The topological polar surface area (TPSA) is 12.5 Å². The zero-order valence-electron chi connectivity index (χ0n) is 12.1. The van der Waals surface area contributed by atoms with Gasteiger partial charge in [0.1, 0.15) is 0 Å². The van der Waals surface area contributed by atoms with Gasteiger partial charge in [0.25, 0.3) is 0 Å². The van der Waals surface area contributed by atoms with Gasteiger partial charge in [-0.25, -0.2) is 0 Å². The number of hydrogen-bond donors (Lipinski definition) is 0. The summed E-state index contributed by atoms with van der Waals surface area (Å²) in [6.45, 7) is 11.0. The second-order valence-electron chi connectivity index (χ2n) is 4.90.